The van der Waals surface area contributed by atoms with Gasteiger partial charge < -0.3 is 14.8 Å². The zero-order chi connectivity index (χ0) is 15.3. The molecule has 1 aliphatic rings. The van der Waals surface area contributed by atoms with E-state index in [9.17, 15) is 18.0 Å². The summed E-state index contributed by atoms with van der Waals surface area (Å²) in [5.74, 6) is 0. The number of alkyl halides is 3. The summed E-state index contributed by atoms with van der Waals surface area (Å²) in [6.07, 6.45) is -4.59. The van der Waals surface area contributed by atoms with Crippen molar-refractivity contribution in [3.8, 4) is 0 Å². The second kappa shape index (κ2) is 6.80. The Hall–Kier alpha value is -1.76. The zero-order valence-corrected chi connectivity index (χ0v) is 11.2. The molecule has 0 spiro atoms. The Morgan fingerprint density at radius 1 is 1.24 bits per heavy atom. The van der Waals surface area contributed by atoms with Crippen molar-refractivity contribution in [3.05, 3.63) is 35.9 Å². The van der Waals surface area contributed by atoms with Gasteiger partial charge in [0.25, 0.3) is 0 Å². The predicted octanol–water partition coefficient (Wildman–Crippen LogP) is 3.02. The van der Waals surface area contributed by atoms with Crippen molar-refractivity contribution in [2.45, 2.75) is 37.8 Å². The van der Waals surface area contributed by atoms with Crippen molar-refractivity contribution in [3.63, 3.8) is 0 Å². The number of alkyl carbamates (subject to hydrolysis) is 1. The van der Waals surface area contributed by atoms with Crippen LogP contribution in [0.25, 0.3) is 0 Å². The molecule has 0 atom stereocenters. The molecule has 0 aromatic heterocycles. The molecule has 0 saturated heterocycles. The van der Waals surface area contributed by atoms with Gasteiger partial charge in [0.1, 0.15) is 13.2 Å². The van der Waals surface area contributed by atoms with Gasteiger partial charge in [-0.1, -0.05) is 30.3 Å². The normalized spacial score (nSPS) is 21.5. The van der Waals surface area contributed by atoms with Gasteiger partial charge in [-0.15, -0.1) is 0 Å². The Bertz CT molecular complexity index is 458. The highest BCUT2D eigenvalue weighted by Gasteiger charge is 2.35. The molecular formula is C14H16F3NO3. The highest BCUT2D eigenvalue weighted by atomic mass is 19.4. The summed E-state index contributed by atoms with van der Waals surface area (Å²) in [6, 6.07) is 9.01. The van der Waals surface area contributed by atoms with Crippen LogP contribution < -0.4 is 5.32 Å². The third-order valence-electron chi connectivity index (χ3n) is 3.11. The van der Waals surface area contributed by atoms with E-state index in [1.165, 1.54) is 0 Å². The molecule has 4 nitrogen and oxygen atoms in total. The molecule has 1 saturated carbocycles. The predicted molar refractivity (Wildman–Crippen MR) is 68.6 cm³/mol. The van der Waals surface area contributed by atoms with Gasteiger partial charge in [0.05, 0.1) is 6.10 Å². The largest absolute Gasteiger partial charge is 0.445 e. The van der Waals surface area contributed by atoms with Crippen LogP contribution in [-0.2, 0) is 16.1 Å². The number of ether oxygens (including phenoxy) is 2. The molecule has 0 aliphatic heterocycles. The van der Waals surface area contributed by atoms with Crippen LogP contribution in [0.4, 0.5) is 18.0 Å². The van der Waals surface area contributed by atoms with Gasteiger partial charge in [-0.05, 0) is 18.4 Å². The topological polar surface area (TPSA) is 47.6 Å². The van der Waals surface area contributed by atoms with E-state index in [1.54, 1.807) is 0 Å². The average molecular weight is 303 g/mol. The highest BCUT2D eigenvalue weighted by Crippen LogP contribution is 2.26. The minimum atomic E-state index is -4.31. The van der Waals surface area contributed by atoms with Crippen molar-refractivity contribution < 1.29 is 27.4 Å². The molecular weight excluding hydrogens is 287 g/mol. The fourth-order valence-electron chi connectivity index (χ4n) is 1.96. The number of carbonyl (C=O) groups excluding carboxylic acids is 1. The Kier molecular flexibility index (Phi) is 5.06. The third kappa shape index (κ3) is 5.63. The van der Waals surface area contributed by atoms with Crippen LogP contribution in [0, 0.1) is 0 Å². The summed E-state index contributed by atoms with van der Waals surface area (Å²) >= 11 is 0. The molecule has 1 aromatic rings. The second-order valence-corrected chi connectivity index (χ2v) is 4.92. The molecule has 0 unspecified atom stereocenters. The van der Waals surface area contributed by atoms with Crippen LogP contribution in [-0.4, -0.2) is 31.0 Å². The summed E-state index contributed by atoms with van der Waals surface area (Å²) in [5.41, 5.74) is 0.868. The van der Waals surface area contributed by atoms with Gasteiger partial charge in [-0.25, -0.2) is 4.79 Å². The van der Waals surface area contributed by atoms with E-state index < -0.39 is 25.0 Å². The van der Waals surface area contributed by atoms with Crippen molar-refractivity contribution in [2.24, 2.45) is 0 Å². The van der Waals surface area contributed by atoms with Crippen molar-refractivity contribution in [2.75, 3.05) is 6.61 Å². The maximum Gasteiger partial charge on any atom is 0.411 e. The summed E-state index contributed by atoms with van der Waals surface area (Å²) in [7, 11) is 0. The number of carbonyl (C=O) groups is 1. The number of hydrogen-bond acceptors (Lipinski definition) is 3. The van der Waals surface area contributed by atoms with Crippen molar-refractivity contribution >= 4 is 6.09 Å². The van der Waals surface area contributed by atoms with E-state index in [1.807, 2.05) is 30.3 Å². The third-order valence-corrected chi connectivity index (χ3v) is 3.11. The summed E-state index contributed by atoms with van der Waals surface area (Å²) in [6.45, 7) is -1.09. The molecule has 1 fully saturated rings. The molecule has 1 aliphatic carbocycles. The van der Waals surface area contributed by atoms with E-state index >= 15 is 0 Å². The van der Waals surface area contributed by atoms with Crippen molar-refractivity contribution in [1.29, 1.82) is 0 Å². The number of rotatable bonds is 5. The molecule has 2 rings (SSSR count). The highest BCUT2D eigenvalue weighted by molar-refractivity contribution is 5.67. The monoisotopic (exact) mass is 303 g/mol. The maximum absolute atomic E-state index is 11.9. The smallest absolute Gasteiger partial charge is 0.411 e. The SMILES string of the molecule is O=C(NC1CC(OCC(F)(F)F)C1)OCc1ccccc1. The Balaban J connectivity index is 1.58. The first-order valence-corrected chi connectivity index (χ1v) is 6.58. The average Bonchev–Trinajstić information content (AvgIpc) is 2.39. The molecule has 1 amide bonds. The van der Waals surface area contributed by atoms with Gasteiger partial charge >= 0.3 is 12.3 Å². The van der Waals surface area contributed by atoms with Gasteiger partial charge in [0.2, 0.25) is 0 Å². The minimum absolute atomic E-state index is 0.160. The first kappa shape index (κ1) is 15.6. The Labute approximate surface area is 120 Å². The molecule has 7 heteroatoms. The van der Waals surface area contributed by atoms with Gasteiger partial charge in [0.15, 0.2) is 0 Å². The first-order valence-electron chi connectivity index (χ1n) is 6.58. The fourth-order valence-corrected chi connectivity index (χ4v) is 1.96. The van der Waals surface area contributed by atoms with Crippen molar-refractivity contribution in [1.82, 2.24) is 5.32 Å². The molecule has 0 radical (unpaired) electrons. The van der Waals surface area contributed by atoms with E-state index in [0.29, 0.717) is 12.8 Å². The van der Waals surface area contributed by atoms with Gasteiger partial charge in [-0.2, -0.15) is 13.2 Å². The van der Waals surface area contributed by atoms with Crippen LogP contribution in [0.2, 0.25) is 0 Å². The van der Waals surface area contributed by atoms with E-state index in [-0.39, 0.29) is 12.6 Å². The van der Waals surface area contributed by atoms with Crippen LogP contribution >= 0.6 is 0 Å². The lowest BCUT2D eigenvalue weighted by atomic mass is 9.89. The number of amides is 1. The number of nitrogens with one attached hydrogen (secondary N) is 1. The summed E-state index contributed by atoms with van der Waals surface area (Å²) < 4.78 is 45.5. The quantitative estimate of drug-likeness (QED) is 0.909. The standard InChI is InChI=1S/C14H16F3NO3/c15-14(16,17)9-21-12-6-11(7-12)18-13(19)20-8-10-4-2-1-3-5-10/h1-5,11-12H,6-9H2,(H,18,19). The number of hydrogen-bond donors (Lipinski definition) is 1. The van der Waals surface area contributed by atoms with Crippen LogP contribution in [0.15, 0.2) is 30.3 Å². The van der Waals surface area contributed by atoms with Crippen LogP contribution in [0.3, 0.4) is 0 Å². The van der Waals surface area contributed by atoms with E-state index in [4.69, 9.17) is 4.74 Å². The fraction of sp³-hybridized carbons (Fsp3) is 0.500. The lowest BCUT2D eigenvalue weighted by molar-refractivity contribution is -0.194. The molecule has 21 heavy (non-hydrogen) atoms. The molecule has 116 valence electrons. The zero-order valence-electron chi connectivity index (χ0n) is 11.2. The number of halogens is 3. The lowest BCUT2D eigenvalue weighted by Crippen LogP contribution is -2.48. The molecule has 1 aromatic carbocycles. The summed E-state index contributed by atoms with van der Waals surface area (Å²) in [4.78, 5) is 11.5. The lowest BCUT2D eigenvalue weighted by Gasteiger charge is -2.35. The molecule has 1 N–H and O–H groups in total. The molecule has 0 heterocycles. The Morgan fingerprint density at radius 2 is 1.90 bits per heavy atom. The Morgan fingerprint density at radius 3 is 2.52 bits per heavy atom. The second-order valence-electron chi connectivity index (χ2n) is 4.92. The van der Waals surface area contributed by atoms with Crippen LogP contribution in [0.5, 0.6) is 0 Å². The van der Waals surface area contributed by atoms with E-state index in [0.717, 1.165) is 5.56 Å². The minimum Gasteiger partial charge on any atom is -0.445 e. The van der Waals surface area contributed by atoms with E-state index in [2.05, 4.69) is 10.1 Å². The van der Waals surface area contributed by atoms with Gasteiger partial charge in [-0.3, -0.25) is 0 Å². The maximum atomic E-state index is 11.9. The van der Waals surface area contributed by atoms with Gasteiger partial charge in [0, 0.05) is 6.04 Å². The first-order chi connectivity index (χ1) is 9.92. The van der Waals surface area contributed by atoms with Crippen LogP contribution in [0.1, 0.15) is 18.4 Å². The summed E-state index contributed by atoms with van der Waals surface area (Å²) in [5, 5.41) is 2.59. The number of benzene rings is 1. The molecule has 0 bridgehead atoms.